The van der Waals surface area contributed by atoms with Crippen molar-refractivity contribution in [2.45, 2.75) is 6.42 Å². The number of anilines is 1. The van der Waals surface area contributed by atoms with Crippen molar-refractivity contribution in [2.75, 3.05) is 11.9 Å². The average Bonchev–Trinajstić information content (AvgIpc) is 2.09. The second-order valence-corrected chi connectivity index (χ2v) is 2.91. The molecule has 1 aromatic rings. The van der Waals surface area contributed by atoms with Crippen LogP contribution >= 0.6 is 0 Å². The van der Waals surface area contributed by atoms with Gasteiger partial charge in [-0.2, -0.15) is 0 Å². The lowest BCUT2D eigenvalue weighted by Gasteiger charge is -2.16. The topological polar surface area (TPSA) is 29.1 Å². The Labute approximate surface area is 73.6 Å². The summed E-state index contributed by atoms with van der Waals surface area (Å²) < 4.78 is 25.4. The van der Waals surface area contributed by atoms with Crippen molar-refractivity contribution in [3.05, 3.63) is 29.3 Å². The molecule has 0 unspecified atom stereocenters. The Hall–Kier alpha value is -1.45. The molecular formula is C9H7F2NO. The van der Waals surface area contributed by atoms with Gasteiger partial charge in [-0.1, -0.05) is 0 Å². The van der Waals surface area contributed by atoms with Gasteiger partial charge in [0.15, 0.2) is 17.4 Å². The molecule has 1 N–H and O–H groups in total. The third kappa shape index (κ3) is 1.28. The van der Waals surface area contributed by atoms with Gasteiger partial charge in [0.25, 0.3) is 0 Å². The Bertz CT molecular complexity index is 376. The fourth-order valence-electron chi connectivity index (χ4n) is 1.37. The second-order valence-electron chi connectivity index (χ2n) is 2.91. The highest BCUT2D eigenvalue weighted by Gasteiger charge is 2.19. The van der Waals surface area contributed by atoms with Gasteiger partial charge < -0.3 is 5.32 Å². The van der Waals surface area contributed by atoms with Crippen molar-refractivity contribution in [1.29, 1.82) is 0 Å². The van der Waals surface area contributed by atoms with Gasteiger partial charge in [-0.25, -0.2) is 8.78 Å². The first-order valence-electron chi connectivity index (χ1n) is 3.94. The minimum absolute atomic E-state index is 0.146. The van der Waals surface area contributed by atoms with E-state index in [4.69, 9.17) is 0 Å². The summed E-state index contributed by atoms with van der Waals surface area (Å²) in [6, 6.07) is 1.96. The summed E-state index contributed by atoms with van der Waals surface area (Å²) in [4.78, 5) is 11.2. The third-order valence-corrected chi connectivity index (χ3v) is 2.03. The van der Waals surface area contributed by atoms with Gasteiger partial charge in [0.2, 0.25) is 0 Å². The SMILES string of the molecule is O=C1CCNc2cc(F)c(F)cc21. The fourth-order valence-corrected chi connectivity index (χ4v) is 1.37. The molecule has 0 amide bonds. The first-order chi connectivity index (χ1) is 6.18. The van der Waals surface area contributed by atoms with Gasteiger partial charge in [0.1, 0.15) is 0 Å². The van der Waals surface area contributed by atoms with E-state index in [0.717, 1.165) is 12.1 Å². The van der Waals surface area contributed by atoms with Gasteiger partial charge in [0, 0.05) is 30.3 Å². The van der Waals surface area contributed by atoms with Gasteiger partial charge >= 0.3 is 0 Å². The molecule has 1 aliphatic rings. The molecule has 0 radical (unpaired) electrons. The first kappa shape index (κ1) is 8.16. The number of halogens is 2. The Kier molecular flexibility index (Phi) is 1.76. The lowest BCUT2D eigenvalue weighted by atomic mass is 10.0. The van der Waals surface area contributed by atoms with Crippen molar-refractivity contribution in [1.82, 2.24) is 0 Å². The van der Waals surface area contributed by atoms with E-state index in [1.165, 1.54) is 0 Å². The van der Waals surface area contributed by atoms with Crippen molar-refractivity contribution in [2.24, 2.45) is 0 Å². The van der Waals surface area contributed by atoms with Crippen molar-refractivity contribution in [3.8, 4) is 0 Å². The first-order valence-corrected chi connectivity index (χ1v) is 3.94. The highest BCUT2D eigenvalue weighted by molar-refractivity contribution is 6.03. The predicted molar refractivity (Wildman–Crippen MR) is 43.8 cm³/mol. The molecule has 0 aromatic heterocycles. The highest BCUT2D eigenvalue weighted by atomic mass is 19.2. The van der Waals surface area contributed by atoms with Crippen LogP contribution in [0, 0.1) is 11.6 Å². The van der Waals surface area contributed by atoms with Crippen LogP contribution in [0.5, 0.6) is 0 Å². The third-order valence-electron chi connectivity index (χ3n) is 2.03. The van der Waals surface area contributed by atoms with E-state index < -0.39 is 11.6 Å². The van der Waals surface area contributed by atoms with E-state index in [0.29, 0.717) is 18.7 Å². The van der Waals surface area contributed by atoms with Crippen LogP contribution < -0.4 is 5.32 Å². The number of fused-ring (bicyclic) bond motifs is 1. The summed E-state index contributed by atoms with van der Waals surface area (Å²) >= 11 is 0. The summed E-state index contributed by atoms with van der Waals surface area (Å²) in [5.74, 6) is -2.05. The van der Waals surface area contributed by atoms with Crippen LogP contribution in [0.1, 0.15) is 16.8 Å². The van der Waals surface area contributed by atoms with Gasteiger partial charge in [-0.15, -0.1) is 0 Å². The maximum absolute atomic E-state index is 12.7. The van der Waals surface area contributed by atoms with Crippen LogP contribution in [0.25, 0.3) is 0 Å². The summed E-state index contributed by atoms with van der Waals surface area (Å²) in [5, 5.41) is 2.83. The molecule has 2 rings (SSSR count). The van der Waals surface area contributed by atoms with E-state index in [-0.39, 0.29) is 11.3 Å². The number of carbonyl (C=O) groups excluding carboxylic acids is 1. The number of benzene rings is 1. The standard InChI is InChI=1S/C9H7F2NO/c10-6-3-5-8(4-7(6)11)12-2-1-9(5)13/h3-4,12H,1-2H2. The molecule has 4 heteroatoms. The van der Waals surface area contributed by atoms with Crippen molar-refractivity contribution >= 4 is 11.5 Å². The molecule has 68 valence electrons. The Morgan fingerprint density at radius 2 is 1.92 bits per heavy atom. The van der Waals surface area contributed by atoms with Crippen LogP contribution in [0.15, 0.2) is 12.1 Å². The highest BCUT2D eigenvalue weighted by Crippen LogP contribution is 2.24. The maximum atomic E-state index is 12.7. The number of hydrogen-bond acceptors (Lipinski definition) is 2. The van der Waals surface area contributed by atoms with E-state index in [1.807, 2.05) is 0 Å². The zero-order valence-electron chi connectivity index (χ0n) is 6.73. The summed E-state index contributed by atoms with van der Waals surface area (Å²) in [5.41, 5.74) is 0.625. The molecule has 2 nitrogen and oxygen atoms in total. The van der Waals surface area contributed by atoms with Crippen LogP contribution in [-0.2, 0) is 0 Å². The lowest BCUT2D eigenvalue weighted by Crippen LogP contribution is -2.18. The summed E-state index contributed by atoms with van der Waals surface area (Å²) in [6.07, 6.45) is 0.331. The van der Waals surface area contributed by atoms with E-state index in [2.05, 4.69) is 5.32 Å². The molecule has 0 saturated heterocycles. The number of Topliss-reactive ketones (excluding diaryl/α,β-unsaturated/α-hetero) is 1. The van der Waals surface area contributed by atoms with Crippen LogP contribution in [0.4, 0.5) is 14.5 Å². The maximum Gasteiger partial charge on any atom is 0.166 e. The molecule has 0 saturated carbocycles. The van der Waals surface area contributed by atoms with E-state index in [1.54, 1.807) is 0 Å². The Morgan fingerprint density at radius 1 is 1.23 bits per heavy atom. The largest absolute Gasteiger partial charge is 0.384 e. The molecule has 1 aromatic carbocycles. The Morgan fingerprint density at radius 3 is 2.69 bits per heavy atom. The van der Waals surface area contributed by atoms with E-state index in [9.17, 15) is 13.6 Å². The summed E-state index contributed by atoms with van der Waals surface area (Å²) in [6.45, 7) is 0.483. The smallest absolute Gasteiger partial charge is 0.166 e. The van der Waals surface area contributed by atoms with Crippen molar-refractivity contribution < 1.29 is 13.6 Å². The van der Waals surface area contributed by atoms with E-state index >= 15 is 0 Å². The minimum Gasteiger partial charge on any atom is -0.384 e. The quantitative estimate of drug-likeness (QED) is 0.666. The zero-order chi connectivity index (χ0) is 9.42. The Balaban J connectivity index is 2.58. The normalized spacial score (nSPS) is 15.1. The number of hydrogen-bond donors (Lipinski definition) is 1. The molecule has 0 atom stereocenters. The van der Waals surface area contributed by atoms with Crippen LogP contribution in [0.2, 0.25) is 0 Å². The molecule has 13 heavy (non-hydrogen) atoms. The monoisotopic (exact) mass is 183 g/mol. The molecule has 0 spiro atoms. The molecular weight excluding hydrogens is 176 g/mol. The zero-order valence-corrected chi connectivity index (χ0v) is 6.73. The number of ketones is 1. The number of carbonyl (C=O) groups is 1. The molecule has 1 aliphatic heterocycles. The van der Waals surface area contributed by atoms with Crippen molar-refractivity contribution in [3.63, 3.8) is 0 Å². The molecule has 1 heterocycles. The average molecular weight is 183 g/mol. The second kappa shape index (κ2) is 2.80. The van der Waals surface area contributed by atoms with Crippen LogP contribution in [-0.4, -0.2) is 12.3 Å². The van der Waals surface area contributed by atoms with Crippen LogP contribution in [0.3, 0.4) is 0 Å². The lowest BCUT2D eigenvalue weighted by molar-refractivity contribution is 0.0983. The minimum atomic E-state index is -0.976. The van der Waals surface area contributed by atoms with Gasteiger partial charge in [-0.05, 0) is 6.07 Å². The molecule has 0 aliphatic carbocycles. The molecule has 0 bridgehead atoms. The number of nitrogens with one attached hydrogen (secondary N) is 1. The molecule has 0 fully saturated rings. The van der Waals surface area contributed by atoms with Gasteiger partial charge in [-0.3, -0.25) is 4.79 Å². The van der Waals surface area contributed by atoms with Gasteiger partial charge in [0.05, 0.1) is 0 Å². The predicted octanol–water partition coefficient (Wildman–Crippen LogP) is 1.96. The fraction of sp³-hybridized carbons (Fsp3) is 0.222. The number of rotatable bonds is 0. The summed E-state index contributed by atoms with van der Waals surface area (Å²) in [7, 11) is 0.